The van der Waals surface area contributed by atoms with Crippen molar-refractivity contribution in [3.63, 3.8) is 0 Å². The van der Waals surface area contributed by atoms with Gasteiger partial charge in [-0.05, 0) is 51.4 Å². The topological polar surface area (TPSA) is 95.9 Å². The van der Waals surface area contributed by atoms with Crippen molar-refractivity contribution in [1.29, 1.82) is 0 Å². The molecule has 2 unspecified atom stereocenters. The van der Waals surface area contributed by atoms with Crippen LogP contribution in [0.5, 0.6) is 0 Å². The van der Waals surface area contributed by atoms with Crippen molar-refractivity contribution in [3.8, 4) is 0 Å². The molecule has 6 nitrogen and oxygen atoms in total. The fraction of sp³-hybridized carbons (Fsp3) is 0.944. The minimum absolute atomic E-state index is 0.0202. The number of carbonyl (C=O) groups excluding carboxylic acids is 2. The van der Waals surface area contributed by atoms with E-state index in [0.29, 0.717) is 25.9 Å². The molecule has 0 aliphatic heterocycles. The van der Waals surface area contributed by atoms with Crippen molar-refractivity contribution in [1.82, 2.24) is 5.32 Å². The summed E-state index contributed by atoms with van der Waals surface area (Å²) in [5, 5.41) is 23.3. The van der Waals surface area contributed by atoms with E-state index < -0.39 is 12.1 Å². The Morgan fingerprint density at radius 1 is 0.351 bits per heavy atom. The zero-order valence-corrected chi connectivity index (χ0v) is 52.5. The zero-order valence-electron chi connectivity index (χ0n) is 52.5. The van der Waals surface area contributed by atoms with Gasteiger partial charge in [0, 0.05) is 12.8 Å². The number of esters is 1. The number of carbonyl (C=O) groups is 2. The van der Waals surface area contributed by atoms with Crippen LogP contribution in [0.4, 0.5) is 0 Å². The average molecular weight is 1090 g/mol. The first kappa shape index (κ1) is 75.6. The summed E-state index contributed by atoms with van der Waals surface area (Å²) < 4.78 is 5.51. The molecule has 0 radical (unpaired) electrons. The lowest BCUT2D eigenvalue weighted by Crippen LogP contribution is -2.45. The Labute approximate surface area is 482 Å². The Bertz CT molecular complexity index is 1160. The highest BCUT2D eigenvalue weighted by Crippen LogP contribution is 2.19. The molecule has 1 amide bonds. The van der Waals surface area contributed by atoms with Crippen molar-refractivity contribution in [3.05, 3.63) is 12.2 Å². The van der Waals surface area contributed by atoms with Crippen LogP contribution >= 0.6 is 0 Å². The van der Waals surface area contributed by atoms with Crippen molar-refractivity contribution >= 4 is 11.9 Å². The Balaban J connectivity index is 3.35. The van der Waals surface area contributed by atoms with Crippen LogP contribution in [0.15, 0.2) is 12.2 Å². The molecule has 0 saturated heterocycles. The minimum Gasteiger partial charge on any atom is -0.466 e. The lowest BCUT2D eigenvalue weighted by Gasteiger charge is -2.22. The number of allylic oxidation sites excluding steroid dienone is 2. The van der Waals surface area contributed by atoms with Crippen LogP contribution in [0.1, 0.15) is 406 Å². The van der Waals surface area contributed by atoms with Gasteiger partial charge < -0.3 is 20.3 Å². The standard InChI is InChI=1S/C71H139NO5/c1-3-5-7-9-11-13-15-17-19-20-29-33-37-41-45-49-53-57-61-65-71(76)77-66-62-58-54-50-46-42-38-34-31-28-26-24-22-21-23-25-27-30-32-36-40-44-48-52-56-60-64-70(75)72-68(67-73)69(74)63-59-55-51-47-43-39-35-18-16-14-12-10-8-6-4-2/h21,23,68-69,73-74H,3-20,22,24-67H2,1-2H3,(H,72,75)/b23-21-. The van der Waals surface area contributed by atoms with Gasteiger partial charge in [0.25, 0.3) is 0 Å². The van der Waals surface area contributed by atoms with E-state index in [1.54, 1.807) is 0 Å². The molecular formula is C71H139NO5. The number of aliphatic hydroxyl groups is 2. The number of aliphatic hydroxyl groups excluding tert-OH is 2. The van der Waals surface area contributed by atoms with Gasteiger partial charge >= 0.3 is 5.97 Å². The molecule has 77 heavy (non-hydrogen) atoms. The summed E-state index contributed by atoms with van der Waals surface area (Å²) in [6.45, 7) is 5.00. The number of unbranched alkanes of at least 4 members (excludes halogenated alkanes) is 54. The molecule has 0 aliphatic carbocycles. The first-order valence-corrected chi connectivity index (χ1v) is 35.4. The summed E-state index contributed by atoms with van der Waals surface area (Å²) in [4.78, 5) is 24.6. The third-order valence-corrected chi connectivity index (χ3v) is 16.8. The predicted octanol–water partition coefficient (Wildman–Crippen LogP) is 22.8. The first-order valence-electron chi connectivity index (χ1n) is 35.4. The molecule has 0 rings (SSSR count). The Kier molecular flexibility index (Phi) is 65.9. The summed E-state index contributed by atoms with van der Waals surface area (Å²) in [6.07, 6.45) is 82.6. The van der Waals surface area contributed by atoms with Crippen molar-refractivity contribution < 1.29 is 24.5 Å². The molecule has 6 heteroatoms. The van der Waals surface area contributed by atoms with Gasteiger partial charge in [-0.25, -0.2) is 0 Å². The van der Waals surface area contributed by atoms with Gasteiger partial charge in [0.15, 0.2) is 0 Å². The largest absolute Gasteiger partial charge is 0.466 e. The van der Waals surface area contributed by atoms with E-state index in [9.17, 15) is 19.8 Å². The van der Waals surface area contributed by atoms with E-state index >= 15 is 0 Å². The fourth-order valence-electron chi connectivity index (χ4n) is 11.4. The fourth-order valence-corrected chi connectivity index (χ4v) is 11.4. The van der Waals surface area contributed by atoms with E-state index in [4.69, 9.17) is 4.74 Å². The highest BCUT2D eigenvalue weighted by atomic mass is 16.5. The Hall–Kier alpha value is -1.40. The van der Waals surface area contributed by atoms with Crippen LogP contribution in [0.2, 0.25) is 0 Å². The van der Waals surface area contributed by atoms with E-state index in [1.165, 1.54) is 334 Å². The third kappa shape index (κ3) is 63.6. The molecule has 0 aromatic rings. The predicted molar refractivity (Wildman–Crippen MR) is 338 cm³/mol. The molecule has 0 saturated carbocycles. The Morgan fingerprint density at radius 3 is 0.922 bits per heavy atom. The smallest absolute Gasteiger partial charge is 0.305 e. The minimum atomic E-state index is -0.665. The van der Waals surface area contributed by atoms with Crippen LogP contribution in [0, 0.1) is 0 Å². The first-order chi connectivity index (χ1) is 38.0. The van der Waals surface area contributed by atoms with Gasteiger partial charge in [0.05, 0.1) is 25.4 Å². The molecule has 3 N–H and O–H groups in total. The van der Waals surface area contributed by atoms with Crippen LogP contribution in [-0.2, 0) is 14.3 Å². The summed E-state index contributed by atoms with van der Waals surface area (Å²) in [6, 6.07) is -0.542. The van der Waals surface area contributed by atoms with E-state index in [-0.39, 0.29) is 18.5 Å². The van der Waals surface area contributed by atoms with E-state index in [2.05, 4.69) is 31.3 Å². The number of hydrogen-bond donors (Lipinski definition) is 3. The molecular weight excluding hydrogens is 947 g/mol. The van der Waals surface area contributed by atoms with Gasteiger partial charge in [-0.1, -0.05) is 353 Å². The quantitative estimate of drug-likeness (QED) is 0.0320. The summed E-state index contributed by atoms with van der Waals surface area (Å²) in [5.74, 6) is -0.0134. The van der Waals surface area contributed by atoms with Gasteiger partial charge in [-0.3, -0.25) is 9.59 Å². The highest BCUT2D eigenvalue weighted by Gasteiger charge is 2.20. The van der Waals surface area contributed by atoms with Crippen molar-refractivity contribution in [2.45, 2.75) is 418 Å². The maximum Gasteiger partial charge on any atom is 0.305 e. The van der Waals surface area contributed by atoms with Crippen LogP contribution in [-0.4, -0.2) is 47.4 Å². The van der Waals surface area contributed by atoms with Gasteiger partial charge in [0.1, 0.15) is 0 Å². The molecule has 0 aliphatic rings. The van der Waals surface area contributed by atoms with Crippen LogP contribution in [0.25, 0.3) is 0 Å². The highest BCUT2D eigenvalue weighted by molar-refractivity contribution is 5.76. The molecule has 0 aromatic heterocycles. The summed E-state index contributed by atoms with van der Waals surface area (Å²) in [5.41, 5.74) is 0. The van der Waals surface area contributed by atoms with Crippen molar-refractivity contribution in [2.24, 2.45) is 0 Å². The second-order valence-corrected chi connectivity index (χ2v) is 24.6. The molecule has 0 heterocycles. The number of nitrogens with one attached hydrogen (secondary N) is 1. The molecule has 0 fully saturated rings. The average Bonchev–Trinajstić information content (AvgIpc) is 3.43. The lowest BCUT2D eigenvalue weighted by atomic mass is 10.0. The maximum atomic E-state index is 12.5. The number of amides is 1. The molecule has 0 aromatic carbocycles. The monoisotopic (exact) mass is 1090 g/mol. The third-order valence-electron chi connectivity index (χ3n) is 16.8. The SMILES string of the molecule is CCCCCCCCCCCCCCCCCCCCCC(=O)OCCCCCCCCCCCCCC/C=C\CCCCCCCCCCCCC(=O)NC(CO)C(O)CCCCCCCCCCCCCCCCC. The normalized spacial score (nSPS) is 12.5. The zero-order chi connectivity index (χ0) is 55.7. The molecule has 458 valence electrons. The van der Waals surface area contributed by atoms with Crippen molar-refractivity contribution in [2.75, 3.05) is 13.2 Å². The summed E-state index contributed by atoms with van der Waals surface area (Å²) >= 11 is 0. The second-order valence-electron chi connectivity index (χ2n) is 24.6. The second kappa shape index (κ2) is 67.1. The van der Waals surface area contributed by atoms with E-state index in [1.807, 2.05) is 0 Å². The maximum absolute atomic E-state index is 12.5. The molecule has 0 spiro atoms. The van der Waals surface area contributed by atoms with E-state index in [0.717, 1.165) is 38.5 Å². The van der Waals surface area contributed by atoms with Gasteiger partial charge in [-0.2, -0.15) is 0 Å². The number of ether oxygens (including phenoxy) is 1. The summed E-state index contributed by atoms with van der Waals surface area (Å²) in [7, 11) is 0. The Morgan fingerprint density at radius 2 is 0.610 bits per heavy atom. The van der Waals surface area contributed by atoms with Crippen LogP contribution < -0.4 is 5.32 Å². The van der Waals surface area contributed by atoms with Gasteiger partial charge in [-0.15, -0.1) is 0 Å². The lowest BCUT2D eigenvalue weighted by molar-refractivity contribution is -0.143. The van der Waals surface area contributed by atoms with Gasteiger partial charge in [0.2, 0.25) is 5.91 Å². The molecule has 0 bridgehead atoms. The van der Waals surface area contributed by atoms with Crippen LogP contribution in [0.3, 0.4) is 0 Å². The number of rotatable bonds is 67. The molecule has 2 atom stereocenters. The number of hydrogen-bond acceptors (Lipinski definition) is 5.